The van der Waals surface area contributed by atoms with E-state index in [2.05, 4.69) is 11.8 Å². The predicted octanol–water partition coefficient (Wildman–Crippen LogP) is 4.92. The molecule has 12 heteroatoms. The van der Waals surface area contributed by atoms with Gasteiger partial charge in [0.05, 0.1) is 22.6 Å². The number of carboxylic acid groups (broad SMARTS) is 2. The summed E-state index contributed by atoms with van der Waals surface area (Å²) in [7, 11) is 1.61. The molecule has 2 amide bonds. The molecule has 0 aromatic heterocycles. The predicted molar refractivity (Wildman–Crippen MR) is 174 cm³/mol. The molecule has 3 aromatic rings. The molecular weight excluding hydrogens is 633 g/mol. The largest absolute Gasteiger partial charge is 0.497 e. The molecule has 0 bridgehead atoms. The number of primary amides is 1. The van der Waals surface area contributed by atoms with E-state index in [1.54, 1.807) is 13.2 Å². The number of methoxy groups -OCH3 is 1. The first-order valence-corrected chi connectivity index (χ1v) is 15.6. The monoisotopic (exact) mass is 669 g/mol. The lowest BCUT2D eigenvalue weighted by molar-refractivity contribution is -0.159. The van der Waals surface area contributed by atoms with Gasteiger partial charge >= 0.3 is 11.9 Å². The van der Waals surface area contributed by atoms with Gasteiger partial charge < -0.3 is 25.6 Å². The molecule has 4 N–H and O–H groups in total. The number of carbonyl (C=O) groups is 4. The topological polar surface area (TPSA) is 150 Å². The third kappa shape index (κ3) is 7.46. The van der Waals surface area contributed by atoms with Crippen molar-refractivity contribution >= 4 is 47.0 Å². The Hall–Kier alpha value is -4.12. The normalized spacial score (nSPS) is 21.9. The summed E-state index contributed by atoms with van der Waals surface area (Å²) in [6, 6.07) is 22.9. The molecule has 2 fully saturated rings. The van der Waals surface area contributed by atoms with Crippen molar-refractivity contribution in [2.75, 3.05) is 33.3 Å². The van der Waals surface area contributed by atoms with E-state index < -0.39 is 17.4 Å². The second-order valence-electron chi connectivity index (χ2n) is 11.6. The molecule has 0 radical (unpaired) electrons. The Labute approximate surface area is 277 Å². The molecule has 0 spiro atoms. The number of nitrogens with two attached hydrogens (primary N) is 1. The molecular formula is C34H37Cl2N3O7. The van der Waals surface area contributed by atoms with E-state index in [1.807, 2.05) is 71.6 Å². The van der Waals surface area contributed by atoms with Crippen LogP contribution in [0.3, 0.4) is 0 Å². The van der Waals surface area contributed by atoms with Crippen molar-refractivity contribution in [3.05, 3.63) is 99.5 Å². The summed E-state index contributed by atoms with van der Waals surface area (Å²) in [4.78, 5) is 49.1. The highest BCUT2D eigenvalue weighted by atomic mass is 35.5. The van der Waals surface area contributed by atoms with Gasteiger partial charge in [-0.3, -0.25) is 14.5 Å². The second-order valence-corrected chi connectivity index (χ2v) is 12.4. The number of likely N-dealkylation sites (tertiary alicyclic amines) is 2. The summed E-state index contributed by atoms with van der Waals surface area (Å²) in [5, 5.41) is 15.7. The van der Waals surface area contributed by atoms with Crippen molar-refractivity contribution in [3.63, 3.8) is 0 Å². The Kier molecular flexibility index (Phi) is 11.3. The van der Waals surface area contributed by atoms with E-state index in [0.717, 1.165) is 36.4 Å². The van der Waals surface area contributed by atoms with E-state index in [4.69, 9.17) is 53.5 Å². The number of benzene rings is 3. The van der Waals surface area contributed by atoms with E-state index in [-0.39, 0.29) is 23.8 Å². The fraction of sp³-hybridized carbons (Fsp3) is 0.353. The number of piperidine rings is 1. The number of carbonyl (C=O) groups excluding carboxylic acids is 2. The van der Waals surface area contributed by atoms with Crippen molar-refractivity contribution in [1.29, 1.82) is 0 Å². The van der Waals surface area contributed by atoms with Crippen molar-refractivity contribution in [3.8, 4) is 5.75 Å². The van der Waals surface area contributed by atoms with E-state index >= 15 is 0 Å². The maximum Gasteiger partial charge on any atom is 0.414 e. The lowest BCUT2D eigenvalue weighted by Crippen LogP contribution is -2.57. The zero-order valence-electron chi connectivity index (χ0n) is 25.6. The molecule has 3 aromatic carbocycles. The van der Waals surface area contributed by atoms with E-state index in [1.165, 1.54) is 0 Å². The van der Waals surface area contributed by atoms with Crippen molar-refractivity contribution in [2.24, 2.45) is 11.7 Å². The number of nitrogens with zero attached hydrogens (tertiary/aromatic N) is 2. The summed E-state index contributed by atoms with van der Waals surface area (Å²) in [6.45, 7) is 5.01. The molecule has 0 saturated carbocycles. The summed E-state index contributed by atoms with van der Waals surface area (Å²) < 4.78 is 5.23. The van der Waals surface area contributed by atoms with Gasteiger partial charge in [-0.05, 0) is 79.8 Å². The highest BCUT2D eigenvalue weighted by molar-refractivity contribution is 6.42. The molecule has 5 rings (SSSR count). The van der Waals surface area contributed by atoms with Gasteiger partial charge in [0.25, 0.3) is 5.91 Å². The number of carboxylic acids is 2. The molecule has 0 aliphatic carbocycles. The fourth-order valence-corrected chi connectivity index (χ4v) is 6.87. The number of halogens is 2. The third-order valence-corrected chi connectivity index (χ3v) is 9.91. The first-order chi connectivity index (χ1) is 21.9. The molecule has 2 aliphatic heterocycles. The van der Waals surface area contributed by atoms with Crippen LogP contribution >= 0.6 is 23.2 Å². The van der Waals surface area contributed by atoms with Gasteiger partial charge in [-0.2, -0.15) is 0 Å². The first-order valence-electron chi connectivity index (χ1n) is 14.8. The Morgan fingerprint density at radius 1 is 0.913 bits per heavy atom. The Balaban J connectivity index is 0.000000731. The quantitative estimate of drug-likeness (QED) is 0.300. The Morgan fingerprint density at radius 2 is 1.57 bits per heavy atom. The van der Waals surface area contributed by atoms with Crippen molar-refractivity contribution in [2.45, 2.75) is 37.1 Å². The van der Waals surface area contributed by atoms with Crippen molar-refractivity contribution in [1.82, 2.24) is 9.80 Å². The van der Waals surface area contributed by atoms with Gasteiger partial charge in [0.2, 0.25) is 5.91 Å². The van der Waals surface area contributed by atoms with Gasteiger partial charge in [-0.25, -0.2) is 9.59 Å². The molecule has 2 saturated heterocycles. The average molecular weight is 671 g/mol. The van der Waals surface area contributed by atoms with Crippen LogP contribution in [0.2, 0.25) is 10.0 Å². The molecule has 10 nitrogen and oxygen atoms in total. The summed E-state index contributed by atoms with van der Waals surface area (Å²) in [5.41, 5.74) is 7.88. The van der Waals surface area contributed by atoms with Gasteiger partial charge in [0.1, 0.15) is 5.75 Å². The number of hydrogen-bond acceptors (Lipinski definition) is 6. The van der Waals surface area contributed by atoms with Crippen LogP contribution in [0.1, 0.15) is 47.2 Å². The zero-order chi connectivity index (χ0) is 33.6. The third-order valence-electron chi connectivity index (χ3n) is 9.17. The number of rotatable bonds is 7. The average Bonchev–Trinajstić information content (AvgIpc) is 3.56. The molecule has 2 aliphatic rings. The minimum atomic E-state index is -1.82. The Bertz CT molecular complexity index is 1560. The second kappa shape index (κ2) is 15.0. The molecule has 2 heterocycles. The maximum absolute atomic E-state index is 13.3. The number of ether oxygens (including phenoxy) is 1. The van der Waals surface area contributed by atoms with Crippen LogP contribution in [-0.2, 0) is 19.8 Å². The van der Waals surface area contributed by atoms with E-state index in [0.29, 0.717) is 41.0 Å². The molecule has 4 atom stereocenters. The number of hydrogen-bond donors (Lipinski definition) is 3. The molecule has 4 unspecified atom stereocenters. The standard InChI is InChI=1S/C32H35Cl2N3O3.C2H2O4/c1-21(24-14-16-37(19-24)30(38)22-8-11-26(40-2)12-9-22)36-17-15-32(31(35)39,25-6-4-3-5-7-25)27(20-36)23-10-13-28(33)29(34)18-23;3-1(4)2(5)6/h3-13,18,21,24,27H,14-17,19-20H2,1-2H3,(H2,35,39);(H,3,4)(H,5,6). The highest BCUT2D eigenvalue weighted by Gasteiger charge is 2.51. The van der Waals surface area contributed by atoms with Gasteiger partial charge in [-0.1, -0.05) is 59.6 Å². The lowest BCUT2D eigenvalue weighted by Gasteiger charge is -2.49. The molecule has 244 valence electrons. The van der Waals surface area contributed by atoms with Crippen LogP contribution in [-0.4, -0.2) is 83.1 Å². The van der Waals surface area contributed by atoms with Crippen molar-refractivity contribution < 1.29 is 34.1 Å². The van der Waals surface area contributed by atoms with Crippen LogP contribution in [0, 0.1) is 5.92 Å². The number of aliphatic carboxylic acids is 2. The molecule has 46 heavy (non-hydrogen) atoms. The van der Waals surface area contributed by atoms with Gasteiger partial charge in [-0.15, -0.1) is 0 Å². The lowest BCUT2D eigenvalue weighted by atomic mass is 9.62. The minimum Gasteiger partial charge on any atom is -0.497 e. The smallest absolute Gasteiger partial charge is 0.414 e. The van der Waals surface area contributed by atoms with E-state index in [9.17, 15) is 9.59 Å². The highest BCUT2D eigenvalue weighted by Crippen LogP contribution is 2.47. The summed E-state index contributed by atoms with van der Waals surface area (Å²) >= 11 is 12.7. The van der Waals surface area contributed by atoms with Crippen LogP contribution in [0.25, 0.3) is 0 Å². The van der Waals surface area contributed by atoms with Crippen LogP contribution in [0.5, 0.6) is 5.75 Å². The number of amides is 2. The first kappa shape index (κ1) is 34.7. The fourth-order valence-electron chi connectivity index (χ4n) is 6.56. The minimum absolute atomic E-state index is 0.0431. The summed E-state index contributed by atoms with van der Waals surface area (Å²) in [5.74, 6) is -3.11. The summed E-state index contributed by atoms with van der Waals surface area (Å²) in [6.07, 6.45) is 1.51. The SMILES string of the molecule is COc1ccc(C(=O)N2CCC(C(C)N3CCC(C(N)=O)(c4ccccc4)C(c4ccc(Cl)c(Cl)c4)C3)C2)cc1.O=C(O)C(=O)O. The van der Waals surface area contributed by atoms with Crippen LogP contribution in [0.4, 0.5) is 0 Å². The zero-order valence-corrected chi connectivity index (χ0v) is 27.1. The van der Waals surface area contributed by atoms with Gasteiger partial charge in [0, 0.05) is 37.2 Å². The van der Waals surface area contributed by atoms with Gasteiger partial charge in [0.15, 0.2) is 0 Å². The Morgan fingerprint density at radius 3 is 2.13 bits per heavy atom. The van der Waals surface area contributed by atoms with Crippen LogP contribution < -0.4 is 10.5 Å². The maximum atomic E-state index is 13.3. The van der Waals surface area contributed by atoms with Crippen LogP contribution in [0.15, 0.2) is 72.8 Å².